The summed E-state index contributed by atoms with van der Waals surface area (Å²) in [7, 11) is 0. The number of carbonyl (C=O) groups is 2. The van der Waals surface area contributed by atoms with Crippen molar-refractivity contribution in [2.24, 2.45) is 5.73 Å². The molecule has 5 nitrogen and oxygen atoms in total. The predicted octanol–water partition coefficient (Wildman–Crippen LogP) is 2.27. The van der Waals surface area contributed by atoms with Crippen LogP contribution >= 0.6 is 0 Å². The number of nitrogens with two attached hydrogens (primary N) is 1. The van der Waals surface area contributed by atoms with Gasteiger partial charge in [0.05, 0.1) is 5.56 Å². The van der Waals surface area contributed by atoms with Gasteiger partial charge in [-0.2, -0.15) is 0 Å². The molecule has 0 aliphatic rings. The Kier molecular flexibility index (Phi) is 4.47. The molecule has 4 N–H and O–H groups in total. The van der Waals surface area contributed by atoms with Crippen molar-refractivity contribution in [3.05, 3.63) is 71.4 Å². The molecule has 1 heterocycles. The zero-order chi connectivity index (χ0) is 18.0. The van der Waals surface area contributed by atoms with Crippen LogP contribution in [0.5, 0.6) is 0 Å². The van der Waals surface area contributed by atoms with Crippen LogP contribution in [-0.2, 0) is 11.2 Å². The molecule has 0 saturated carbocycles. The fourth-order valence-corrected chi connectivity index (χ4v) is 2.65. The van der Waals surface area contributed by atoms with Crippen molar-refractivity contribution in [3.8, 4) is 0 Å². The number of H-pyrrole nitrogens is 1. The van der Waals surface area contributed by atoms with Crippen molar-refractivity contribution < 1.29 is 18.4 Å². The number of halogens is 2. The van der Waals surface area contributed by atoms with Gasteiger partial charge in [-0.3, -0.25) is 9.59 Å². The number of hydrogen-bond donors (Lipinski definition) is 3. The maximum atomic E-state index is 13.7. The fraction of sp³-hybridized carbons (Fsp3) is 0.111. The fourth-order valence-electron chi connectivity index (χ4n) is 2.65. The average Bonchev–Trinajstić information content (AvgIpc) is 2.97. The van der Waals surface area contributed by atoms with Crippen molar-refractivity contribution in [2.75, 3.05) is 0 Å². The van der Waals surface area contributed by atoms with Crippen molar-refractivity contribution >= 4 is 22.7 Å². The maximum Gasteiger partial charge on any atom is 0.254 e. The second kappa shape index (κ2) is 6.72. The van der Waals surface area contributed by atoms with Gasteiger partial charge in [-0.05, 0) is 23.8 Å². The zero-order valence-corrected chi connectivity index (χ0v) is 13.1. The number of para-hydroxylation sites is 1. The molecule has 7 heteroatoms. The first-order valence-corrected chi connectivity index (χ1v) is 7.56. The van der Waals surface area contributed by atoms with Crippen molar-refractivity contribution in [1.82, 2.24) is 10.3 Å². The number of benzene rings is 2. The maximum absolute atomic E-state index is 13.7. The monoisotopic (exact) mass is 343 g/mol. The smallest absolute Gasteiger partial charge is 0.254 e. The molecule has 25 heavy (non-hydrogen) atoms. The normalized spacial score (nSPS) is 12.1. The van der Waals surface area contributed by atoms with Crippen LogP contribution in [0.3, 0.4) is 0 Å². The number of nitrogens with one attached hydrogen (secondary N) is 2. The Labute approximate surface area is 141 Å². The lowest BCUT2D eigenvalue weighted by Crippen LogP contribution is -2.46. The third-order valence-corrected chi connectivity index (χ3v) is 3.92. The predicted molar refractivity (Wildman–Crippen MR) is 88.8 cm³/mol. The first-order valence-electron chi connectivity index (χ1n) is 7.56. The molecule has 3 aromatic rings. The van der Waals surface area contributed by atoms with Gasteiger partial charge in [0.2, 0.25) is 5.91 Å². The number of hydrogen-bond acceptors (Lipinski definition) is 2. The van der Waals surface area contributed by atoms with Crippen LogP contribution in [0.2, 0.25) is 0 Å². The molecule has 0 bridgehead atoms. The van der Waals surface area contributed by atoms with E-state index in [0.29, 0.717) is 6.07 Å². The van der Waals surface area contributed by atoms with Crippen LogP contribution in [0.25, 0.3) is 10.9 Å². The van der Waals surface area contributed by atoms with E-state index in [1.165, 1.54) is 0 Å². The lowest BCUT2D eigenvalue weighted by molar-refractivity contribution is -0.119. The molecule has 3 rings (SSSR count). The van der Waals surface area contributed by atoms with E-state index in [1.54, 1.807) is 6.20 Å². The van der Waals surface area contributed by atoms with Gasteiger partial charge in [0.15, 0.2) is 0 Å². The number of aromatic amines is 1. The SMILES string of the molecule is NC(=O)[C@@H](Cc1c[nH]c2ccccc12)NC(=O)c1ccc(F)cc1F. The lowest BCUT2D eigenvalue weighted by atomic mass is 10.0. The summed E-state index contributed by atoms with van der Waals surface area (Å²) in [6.07, 6.45) is 1.87. The molecule has 0 radical (unpaired) electrons. The Bertz CT molecular complexity index is 952. The second-order valence-electron chi connectivity index (χ2n) is 5.62. The van der Waals surface area contributed by atoms with E-state index in [1.807, 2.05) is 24.3 Å². The summed E-state index contributed by atoms with van der Waals surface area (Å²) >= 11 is 0. The molecular formula is C18H15F2N3O2. The van der Waals surface area contributed by atoms with Crippen molar-refractivity contribution in [2.45, 2.75) is 12.5 Å². The highest BCUT2D eigenvalue weighted by Crippen LogP contribution is 2.19. The molecule has 2 aromatic carbocycles. The summed E-state index contributed by atoms with van der Waals surface area (Å²) in [6.45, 7) is 0. The minimum Gasteiger partial charge on any atom is -0.368 e. The van der Waals surface area contributed by atoms with Crippen LogP contribution < -0.4 is 11.1 Å². The van der Waals surface area contributed by atoms with Crippen LogP contribution in [0, 0.1) is 11.6 Å². The minimum atomic E-state index is -1.03. The van der Waals surface area contributed by atoms with E-state index < -0.39 is 29.5 Å². The van der Waals surface area contributed by atoms with Crippen LogP contribution in [0.15, 0.2) is 48.7 Å². The third kappa shape index (κ3) is 3.50. The van der Waals surface area contributed by atoms with Crippen molar-refractivity contribution in [3.63, 3.8) is 0 Å². The number of primary amides is 1. The van der Waals surface area contributed by atoms with E-state index in [9.17, 15) is 18.4 Å². The number of carbonyl (C=O) groups excluding carboxylic acids is 2. The highest BCUT2D eigenvalue weighted by molar-refractivity contribution is 5.97. The first-order chi connectivity index (χ1) is 12.0. The van der Waals surface area contributed by atoms with E-state index in [-0.39, 0.29) is 12.0 Å². The Morgan fingerprint density at radius 2 is 1.92 bits per heavy atom. The molecule has 1 aromatic heterocycles. The number of amides is 2. The quantitative estimate of drug-likeness (QED) is 0.664. The number of fused-ring (bicyclic) bond motifs is 1. The highest BCUT2D eigenvalue weighted by atomic mass is 19.1. The van der Waals surface area contributed by atoms with Gasteiger partial charge >= 0.3 is 0 Å². The summed E-state index contributed by atoms with van der Waals surface area (Å²) in [5.41, 5.74) is 6.69. The van der Waals surface area contributed by atoms with Gasteiger partial charge in [0.25, 0.3) is 5.91 Å². The molecule has 0 spiro atoms. The molecule has 0 unspecified atom stereocenters. The second-order valence-corrected chi connectivity index (χ2v) is 5.62. The molecule has 0 aliphatic heterocycles. The largest absolute Gasteiger partial charge is 0.368 e. The topological polar surface area (TPSA) is 88.0 Å². The molecule has 0 fully saturated rings. The van der Waals surface area contributed by atoms with Gasteiger partial charge in [0, 0.05) is 29.6 Å². The lowest BCUT2D eigenvalue weighted by Gasteiger charge is -2.15. The van der Waals surface area contributed by atoms with Crippen molar-refractivity contribution in [1.29, 1.82) is 0 Å². The minimum absolute atomic E-state index is 0.147. The Morgan fingerprint density at radius 3 is 2.64 bits per heavy atom. The third-order valence-electron chi connectivity index (χ3n) is 3.92. The van der Waals surface area contributed by atoms with Gasteiger partial charge in [-0.15, -0.1) is 0 Å². The van der Waals surface area contributed by atoms with Gasteiger partial charge < -0.3 is 16.0 Å². The van der Waals surface area contributed by atoms with Gasteiger partial charge in [-0.1, -0.05) is 18.2 Å². The number of aromatic nitrogens is 1. The molecule has 128 valence electrons. The summed E-state index contributed by atoms with van der Waals surface area (Å²) in [5, 5.41) is 3.31. The van der Waals surface area contributed by atoms with Crippen LogP contribution in [-0.4, -0.2) is 22.8 Å². The first kappa shape index (κ1) is 16.6. The molecule has 1 atom stereocenters. The van der Waals surface area contributed by atoms with E-state index >= 15 is 0 Å². The number of rotatable bonds is 5. The molecule has 0 aliphatic carbocycles. The molecule has 2 amide bonds. The average molecular weight is 343 g/mol. The van der Waals surface area contributed by atoms with Crippen LogP contribution in [0.4, 0.5) is 8.78 Å². The van der Waals surface area contributed by atoms with Crippen LogP contribution in [0.1, 0.15) is 15.9 Å². The summed E-state index contributed by atoms with van der Waals surface area (Å²) in [6, 6.07) is 9.04. The summed E-state index contributed by atoms with van der Waals surface area (Å²) < 4.78 is 26.7. The zero-order valence-electron chi connectivity index (χ0n) is 13.1. The van der Waals surface area contributed by atoms with E-state index in [0.717, 1.165) is 28.6 Å². The Balaban J connectivity index is 1.82. The van der Waals surface area contributed by atoms with Gasteiger partial charge in [0.1, 0.15) is 17.7 Å². The molecular weight excluding hydrogens is 328 g/mol. The Hall–Kier alpha value is -3.22. The summed E-state index contributed by atoms with van der Waals surface area (Å²) in [4.78, 5) is 27.0. The van der Waals surface area contributed by atoms with E-state index in [4.69, 9.17) is 5.73 Å². The highest BCUT2D eigenvalue weighted by Gasteiger charge is 2.22. The molecule has 0 saturated heterocycles. The van der Waals surface area contributed by atoms with E-state index in [2.05, 4.69) is 10.3 Å². The standard InChI is InChI=1S/C18H15F2N3O2/c19-11-5-6-13(14(20)8-11)18(25)23-16(17(21)24)7-10-9-22-15-4-2-1-3-12(10)15/h1-6,8-9,16,22H,7H2,(H2,21,24)(H,23,25)/t16-/m1/s1. The Morgan fingerprint density at radius 1 is 1.16 bits per heavy atom. The summed E-state index contributed by atoms with van der Waals surface area (Å²) in [5.74, 6) is -3.38. The van der Waals surface area contributed by atoms with Gasteiger partial charge in [-0.25, -0.2) is 8.78 Å².